The van der Waals surface area contributed by atoms with Gasteiger partial charge in [-0.2, -0.15) is 0 Å². The molecule has 5 unspecified atom stereocenters. The summed E-state index contributed by atoms with van der Waals surface area (Å²) in [6, 6.07) is 0. The third kappa shape index (κ3) is 1.83. The molecule has 5 atom stereocenters. The minimum absolute atomic E-state index is 0.342. The summed E-state index contributed by atoms with van der Waals surface area (Å²) in [6.07, 6.45) is 10.4. The number of carbonyl (C=O) groups is 2. The number of hydrogen-bond acceptors (Lipinski definition) is 2. The van der Waals surface area contributed by atoms with E-state index in [0.29, 0.717) is 29.3 Å². The fourth-order valence-corrected chi connectivity index (χ4v) is 5.59. The van der Waals surface area contributed by atoms with E-state index < -0.39 is 0 Å². The molecule has 0 spiro atoms. The Labute approximate surface area is 114 Å². The Balaban J connectivity index is 1.61. The van der Waals surface area contributed by atoms with Crippen LogP contribution in [0.4, 0.5) is 0 Å². The Morgan fingerprint density at radius 3 is 2.63 bits per heavy atom. The van der Waals surface area contributed by atoms with Gasteiger partial charge in [-0.3, -0.25) is 9.59 Å². The van der Waals surface area contributed by atoms with Gasteiger partial charge in [0, 0.05) is 19.3 Å². The summed E-state index contributed by atoms with van der Waals surface area (Å²) >= 11 is 0. The van der Waals surface area contributed by atoms with Gasteiger partial charge in [-0.15, -0.1) is 0 Å². The molecule has 102 valence electrons. The van der Waals surface area contributed by atoms with Gasteiger partial charge in [0.05, 0.1) is 0 Å². The van der Waals surface area contributed by atoms with Gasteiger partial charge >= 0.3 is 0 Å². The van der Waals surface area contributed by atoms with Gasteiger partial charge in [-0.05, 0) is 67.8 Å². The standard InChI is InChI=1S/C17H22O2/c18-12-3-6-14-10(7-12)1-5-16-15(14)4-2-11-8-13(19)9-17(11)16/h7,11,14-17H,1-6,8-9H2. The van der Waals surface area contributed by atoms with Gasteiger partial charge in [0.25, 0.3) is 0 Å². The molecule has 0 aliphatic heterocycles. The van der Waals surface area contributed by atoms with Crippen molar-refractivity contribution in [2.45, 2.75) is 51.4 Å². The van der Waals surface area contributed by atoms with E-state index in [4.69, 9.17) is 0 Å². The van der Waals surface area contributed by atoms with Crippen LogP contribution in [-0.4, -0.2) is 11.6 Å². The largest absolute Gasteiger partial charge is 0.300 e. The van der Waals surface area contributed by atoms with Crippen molar-refractivity contribution in [2.75, 3.05) is 0 Å². The van der Waals surface area contributed by atoms with E-state index in [1.54, 1.807) is 0 Å². The molecule has 0 heterocycles. The quantitative estimate of drug-likeness (QED) is 0.668. The molecule has 0 aromatic heterocycles. The molecule has 4 aliphatic rings. The van der Waals surface area contributed by atoms with Crippen LogP contribution in [0.3, 0.4) is 0 Å². The number of fused-ring (bicyclic) bond motifs is 5. The number of hydrogen-bond donors (Lipinski definition) is 0. The molecule has 2 nitrogen and oxygen atoms in total. The van der Waals surface area contributed by atoms with Gasteiger partial charge in [0.15, 0.2) is 5.78 Å². The fraction of sp³-hybridized carbons (Fsp3) is 0.765. The Kier molecular flexibility index (Phi) is 2.68. The van der Waals surface area contributed by atoms with E-state index in [-0.39, 0.29) is 0 Å². The van der Waals surface area contributed by atoms with Crippen LogP contribution in [0.5, 0.6) is 0 Å². The van der Waals surface area contributed by atoms with E-state index in [9.17, 15) is 9.59 Å². The summed E-state index contributed by atoms with van der Waals surface area (Å²) in [5, 5.41) is 0. The summed E-state index contributed by atoms with van der Waals surface area (Å²) in [4.78, 5) is 23.3. The van der Waals surface area contributed by atoms with Crippen molar-refractivity contribution in [1.82, 2.24) is 0 Å². The van der Waals surface area contributed by atoms with Crippen LogP contribution in [0.25, 0.3) is 0 Å². The molecule has 0 radical (unpaired) electrons. The zero-order valence-electron chi connectivity index (χ0n) is 11.4. The van der Waals surface area contributed by atoms with Gasteiger partial charge in [-0.25, -0.2) is 0 Å². The number of Topliss-reactive ketones (excluding diaryl/α,β-unsaturated/α-hetero) is 1. The van der Waals surface area contributed by atoms with Crippen LogP contribution in [0, 0.1) is 29.6 Å². The van der Waals surface area contributed by atoms with Crippen molar-refractivity contribution in [3.8, 4) is 0 Å². The van der Waals surface area contributed by atoms with Crippen LogP contribution in [0.2, 0.25) is 0 Å². The molecule has 0 aromatic rings. The molecule has 19 heavy (non-hydrogen) atoms. The zero-order valence-corrected chi connectivity index (χ0v) is 11.4. The summed E-state index contributed by atoms with van der Waals surface area (Å²) in [5.41, 5.74) is 1.44. The van der Waals surface area contributed by atoms with Crippen LogP contribution >= 0.6 is 0 Å². The number of rotatable bonds is 0. The second-order valence-corrected chi connectivity index (χ2v) is 7.15. The smallest absolute Gasteiger partial charge is 0.155 e. The first-order valence-corrected chi connectivity index (χ1v) is 7.97. The summed E-state index contributed by atoms with van der Waals surface area (Å²) in [6.45, 7) is 0. The minimum Gasteiger partial charge on any atom is -0.300 e. The lowest BCUT2D eigenvalue weighted by atomic mass is 9.56. The summed E-state index contributed by atoms with van der Waals surface area (Å²) in [7, 11) is 0. The highest BCUT2D eigenvalue weighted by Gasteiger charge is 2.49. The van der Waals surface area contributed by atoms with E-state index in [0.717, 1.165) is 43.9 Å². The van der Waals surface area contributed by atoms with Gasteiger partial charge < -0.3 is 0 Å². The average Bonchev–Trinajstić information content (AvgIpc) is 2.78. The highest BCUT2D eigenvalue weighted by Crippen LogP contribution is 2.55. The van der Waals surface area contributed by atoms with Crippen LogP contribution in [0.1, 0.15) is 51.4 Å². The molecule has 0 N–H and O–H groups in total. The van der Waals surface area contributed by atoms with Crippen molar-refractivity contribution < 1.29 is 9.59 Å². The second kappa shape index (κ2) is 4.29. The van der Waals surface area contributed by atoms with E-state index >= 15 is 0 Å². The molecule has 3 saturated carbocycles. The van der Waals surface area contributed by atoms with Crippen molar-refractivity contribution in [1.29, 1.82) is 0 Å². The Morgan fingerprint density at radius 1 is 0.842 bits per heavy atom. The first-order chi connectivity index (χ1) is 9.22. The Hall–Kier alpha value is -0.920. The lowest BCUT2D eigenvalue weighted by Gasteiger charge is -2.48. The lowest BCUT2D eigenvalue weighted by Crippen LogP contribution is -2.40. The van der Waals surface area contributed by atoms with Crippen molar-refractivity contribution in [3.63, 3.8) is 0 Å². The van der Waals surface area contributed by atoms with Crippen molar-refractivity contribution in [2.24, 2.45) is 29.6 Å². The molecule has 0 bridgehead atoms. The number of carbonyl (C=O) groups excluding carboxylic acids is 2. The maximum Gasteiger partial charge on any atom is 0.155 e. The van der Waals surface area contributed by atoms with E-state index in [1.807, 2.05) is 6.08 Å². The average molecular weight is 258 g/mol. The first-order valence-electron chi connectivity index (χ1n) is 7.97. The van der Waals surface area contributed by atoms with Crippen LogP contribution < -0.4 is 0 Å². The van der Waals surface area contributed by atoms with E-state index in [2.05, 4.69) is 0 Å². The normalized spacial score (nSPS) is 45.3. The van der Waals surface area contributed by atoms with Crippen molar-refractivity contribution in [3.05, 3.63) is 11.6 Å². The molecular formula is C17H22O2. The third-order valence-electron chi connectivity index (χ3n) is 6.34. The van der Waals surface area contributed by atoms with E-state index in [1.165, 1.54) is 24.8 Å². The summed E-state index contributed by atoms with van der Waals surface area (Å²) < 4.78 is 0. The lowest BCUT2D eigenvalue weighted by molar-refractivity contribution is -0.118. The molecule has 0 aromatic carbocycles. The van der Waals surface area contributed by atoms with Crippen LogP contribution in [-0.2, 0) is 9.59 Å². The maximum absolute atomic E-state index is 11.8. The molecule has 4 aliphatic carbocycles. The minimum atomic E-state index is 0.342. The highest BCUT2D eigenvalue weighted by atomic mass is 16.1. The number of allylic oxidation sites excluding steroid dienone is 1. The molecule has 2 heteroatoms. The molecule has 0 saturated heterocycles. The predicted molar refractivity (Wildman–Crippen MR) is 72.5 cm³/mol. The SMILES string of the molecule is O=C1C=C2CCC3C4CC(=O)CC4CCC3C2CC1. The zero-order chi connectivity index (χ0) is 13.0. The highest BCUT2D eigenvalue weighted by molar-refractivity contribution is 5.91. The first kappa shape index (κ1) is 11.9. The topological polar surface area (TPSA) is 34.1 Å². The second-order valence-electron chi connectivity index (χ2n) is 7.15. The van der Waals surface area contributed by atoms with Crippen molar-refractivity contribution >= 4 is 11.6 Å². The van der Waals surface area contributed by atoms with Gasteiger partial charge in [0.1, 0.15) is 5.78 Å². The Morgan fingerprint density at radius 2 is 1.74 bits per heavy atom. The third-order valence-corrected chi connectivity index (χ3v) is 6.34. The Bertz CT molecular complexity index is 462. The summed E-state index contributed by atoms with van der Waals surface area (Å²) in [5.74, 6) is 4.47. The van der Waals surface area contributed by atoms with Gasteiger partial charge in [0.2, 0.25) is 0 Å². The maximum atomic E-state index is 11.8. The molecule has 0 amide bonds. The molecule has 4 rings (SSSR count). The van der Waals surface area contributed by atoms with Crippen LogP contribution in [0.15, 0.2) is 11.6 Å². The van der Waals surface area contributed by atoms with Gasteiger partial charge in [-0.1, -0.05) is 5.57 Å². The molecular weight excluding hydrogens is 236 g/mol. The number of ketones is 2. The predicted octanol–water partition coefficient (Wildman–Crippen LogP) is 3.31. The fourth-order valence-electron chi connectivity index (χ4n) is 5.59. The molecule has 3 fully saturated rings. The monoisotopic (exact) mass is 258 g/mol.